The van der Waals surface area contributed by atoms with Crippen LogP contribution in [0.2, 0.25) is 5.02 Å². The minimum absolute atomic E-state index is 0.348. The molecule has 0 saturated heterocycles. The normalized spacial score (nSPS) is 10.9. The Morgan fingerprint density at radius 2 is 1.59 bits per heavy atom. The van der Waals surface area contributed by atoms with Crippen molar-refractivity contribution in [2.75, 3.05) is 5.32 Å². The van der Waals surface area contributed by atoms with Gasteiger partial charge in [-0.3, -0.25) is 9.59 Å². The molecule has 22 heavy (non-hydrogen) atoms. The zero-order valence-electron chi connectivity index (χ0n) is 12.2. The molecule has 0 aliphatic carbocycles. The highest BCUT2D eigenvalue weighted by molar-refractivity contribution is 6.30. The Balaban J connectivity index is 2.04. The van der Waals surface area contributed by atoms with Gasteiger partial charge in [-0.2, -0.15) is 0 Å². The van der Waals surface area contributed by atoms with E-state index in [0.717, 1.165) is 16.8 Å². The molecule has 1 N–H and O–H groups in total. The predicted molar refractivity (Wildman–Crippen MR) is 91.0 cm³/mol. The van der Waals surface area contributed by atoms with Crippen LogP contribution in [0, 0.1) is 13.8 Å². The van der Waals surface area contributed by atoms with Gasteiger partial charge in [-0.05, 0) is 48.7 Å². The van der Waals surface area contributed by atoms with Gasteiger partial charge in [-0.1, -0.05) is 35.9 Å². The predicted octanol–water partition coefficient (Wildman–Crippen LogP) is 3.96. The van der Waals surface area contributed by atoms with E-state index in [-0.39, 0.29) is 0 Å². The molecule has 0 saturated carbocycles. The van der Waals surface area contributed by atoms with E-state index in [2.05, 4.69) is 5.32 Å². The first-order chi connectivity index (χ1) is 10.5. The number of anilines is 2. The fourth-order valence-corrected chi connectivity index (χ4v) is 2.53. The van der Waals surface area contributed by atoms with Crippen molar-refractivity contribution < 1.29 is 0 Å². The van der Waals surface area contributed by atoms with Crippen molar-refractivity contribution in [1.29, 1.82) is 0 Å². The van der Waals surface area contributed by atoms with Gasteiger partial charge >= 0.3 is 0 Å². The van der Waals surface area contributed by atoms with E-state index in [9.17, 15) is 9.59 Å². The monoisotopic (exact) mass is 311 g/mol. The summed E-state index contributed by atoms with van der Waals surface area (Å²) in [6.45, 7) is 3.93. The fraction of sp³-hybridized carbons (Fsp3) is 0.111. The Morgan fingerprint density at radius 1 is 0.909 bits per heavy atom. The average molecular weight is 312 g/mol. The maximum absolute atomic E-state index is 11.9. The summed E-state index contributed by atoms with van der Waals surface area (Å²) in [5.74, 6) is 0. The topological polar surface area (TPSA) is 46.2 Å². The Labute approximate surface area is 132 Å². The van der Waals surface area contributed by atoms with Gasteiger partial charge in [0.15, 0.2) is 0 Å². The SMILES string of the molecule is Cc1ccc(C)c(Nc2c(-c3ccc(Cl)cc3)c(=O)c2=O)c1. The Hall–Kier alpha value is -2.39. The molecule has 3 rings (SSSR count). The number of hydrogen-bond acceptors (Lipinski definition) is 3. The lowest BCUT2D eigenvalue weighted by Gasteiger charge is -2.15. The first-order valence-electron chi connectivity index (χ1n) is 6.91. The molecule has 0 fully saturated rings. The van der Waals surface area contributed by atoms with Crippen LogP contribution >= 0.6 is 11.6 Å². The van der Waals surface area contributed by atoms with Gasteiger partial charge in [-0.25, -0.2) is 0 Å². The van der Waals surface area contributed by atoms with E-state index >= 15 is 0 Å². The summed E-state index contributed by atoms with van der Waals surface area (Å²) in [6.07, 6.45) is 0. The van der Waals surface area contributed by atoms with Gasteiger partial charge in [0.05, 0.1) is 5.56 Å². The van der Waals surface area contributed by atoms with Crippen LogP contribution in [0.15, 0.2) is 52.1 Å². The minimum atomic E-state index is -0.481. The van der Waals surface area contributed by atoms with Gasteiger partial charge in [0.25, 0.3) is 5.43 Å². The van der Waals surface area contributed by atoms with E-state index in [1.54, 1.807) is 24.3 Å². The summed E-state index contributed by atoms with van der Waals surface area (Å²) in [5.41, 5.74) is 3.45. The zero-order valence-corrected chi connectivity index (χ0v) is 13.0. The molecule has 0 radical (unpaired) electrons. The number of aryl methyl sites for hydroxylation is 2. The van der Waals surface area contributed by atoms with Crippen LogP contribution in [0.4, 0.5) is 11.4 Å². The highest BCUT2D eigenvalue weighted by Crippen LogP contribution is 2.28. The number of halogens is 1. The van der Waals surface area contributed by atoms with Crippen LogP contribution in [0.25, 0.3) is 11.1 Å². The van der Waals surface area contributed by atoms with Crippen molar-refractivity contribution in [3.05, 3.63) is 79.1 Å². The smallest absolute Gasteiger partial charge is 0.250 e. The van der Waals surface area contributed by atoms with Crippen LogP contribution in [0.5, 0.6) is 0 Å². The molecule has 3 nitrogen and oxygen atoms in total. The summed E-state index contributed by atoms with van der Waals surface area (Å²) < 4.78 is 0. The number of hydrogen-bond donors (Lipinski definition) is 1. The Kier molecular flexibility index (Phi) is 3.59. The molecule has 3 aromatic carbocycles. The van der Waals surface area contributed by atoms with Crippen LogP contribution in [0.1, 0.15) is 11.1 Å². The van der Waals surface area contributed by atoms with E-state index < -0.39 is 10.9 Å². The molecule has 4 heteroatoms. The second-order valence-electron chi connectivity index (χ2n) is 5.36. The van der Waals surface area contributed by atoms with Crippen LogP contribution in [-0.2, 0) is 0 Å². The molecule has 110 valence electrons. The van der Waals surface area contributed by atoms with Gasteiger partial charge in [0.2, 0.25) is 5.43 Å². The molecule has 0 aromatic heterocycles. The molecule has 0 atom stereocenters. The second-order valence-corrected chi connectivity index (χ2v) is 5.79. The van der Waals surface area contributed by atoms with Crippen molar-refractivity contribution in [2.24, 2.45) is 0 Å². The highest BCUT2D eigenvalue weighted by atomic mass is 35.5. The fourth-order valence-electron chi connectivity index (χ4n) is 2.41. The second kappa shape index (κ2) is 5.43. The highest BCUT2D eigenvalue weighted by Gasteiger charge is 2.22. The van der Waals surface area contributed by atoms with Crippen molar-refractivity contribution in [3.63, 3.8) is 0 Å². The summed E-state index contributed by atoms with van der Waals surface area (Å²) in [6, 6.07) is 12.8. The quantitative estimate of drug-likeness (QED) is 0.745. The van der Waals surface area contributed by atoms with Crippen molar-refractivity contribution in [3.8, 4) is 11.1 Å². The lowest BCUT2D eigenvalue weighted by molar-refractivity contribution is 1.33. The van der Waals surface area contributed by atoms with E-state index in [0.29, 0.717) is 21.8 Å². The minimum Gasteiger partial charge on any atom is -0.351 e. The molecule has 0 heterocycles. The first kappa shape index (κ1) is 14.5. The van der Waals surface area contributed by atoms with E-state index in [1.807, 2.05) is 32.0 Å². The Morgan fingerprint density at radius 3 is 2.27 bits per heavy atom. The van der Waals surface area contributed by atoms with Crippen molar-refractivity contribution in [1.82, 2.24) is 0 Å². The molecule has 0 aliphatic heterocycles. The van der Waals surface area contributed by atoms with Crippen molar-refractivity contribution >= 4 is 23.0 Å². The zero-order chi connectivity index (χ0) is 15.9. The first-order valence-corrected chi connectivity index (χ1v) is 7.28. The maximum Gasteiger partial charge on any atom is 0.250 e. The average Bonchev–Trinajstić information content (AvgIpc) is 2.51. The third-order valence-electron chi connectivity index (χ3n) is 3.70. The van der Waals surface area contributed by atoms with Crippen LogP contribution in [-0.4, -0.2) is 0 Å². The molecular weight excluding hydrogens is 298 g/mol. The van der Waals surface area contributed by atoms with Crippen molar-refractivity contribution in [2.45, 2.75) is 13.8 Å². The van der Waals surface area contributed by atoms with E-state index in [4.69, 9.17) is 11.6 Å². The largest absolute Gasteiger partial charge is 0.351 e. The molecular formula is C18H14ClNO2. The lowest BCUT2D eigenvalue weighted by atomic mass is 9.98. The van der Waals surface area contributed by atoms with Gasteiger partial charge in [0.1, 0.15) is 5.69 Å². The van der Waals surface area contributed by atoms with Gasteiger partial charge < -0.3 is 5.32 Å². The summed E-state index contributed by atoms with van der Waals surface area (Å²) >= 11 is 5.86. The summed E-state index contributed by atoms with van der Waals surface area (Å²) in [4.78, 5) is 23.8. The van der Waals surface area contributed by atoms with E-state index in [1.165, 1.54) is 0 Å². The van der Waals surface area contributed by atoms with Crippen LogP contribution in [0.3, 0.4) is 0 Å². The maximum atomic E-state index is 11.9. The third kappa shape index (κ3) is 2.44. The van der Waals surface area contributed by atoms with Crippen LogP contribution < -0.4 is 16.2 Å². The molecule has 0 spiro atoms. The lowest BCUT2D eigenvalue weighted by Crippen LogP contribution is -2.35. The molecule has 0 bridgehead atoms. The number of rotatable bonds is 3. The van der Waals surface area contributed by atoms with Gasteiger partial charge in [0, 0.05) is 10.7 Å². The Bertz CT molecular complexity index is 919. The molecule has 0 aliphatic rings. The summed E-state index contributed by atoms with van der Waals surface area (Å²) in [7, 11) is 0. The van der Waals surface area contributed by atoms with Gasteiger partial charge in [-0.15, -0.1) is 0 Å². The molecule has 0 unspecified atom stereocenters. The standard InChI is InChI=1S/C18H14ClNO2/c1-10-3-4-11(2)14(9-10)20-16-15(17(21)18(16)22)12-5-7-13(19)8-6-12/h3-9,20H,1-2H3. The molecule has 3 aromatic rings. The number of benzene rings is 2. The number of nitrogens with one attached hydrogen (secondary N) is 1. The third-order valence-corrected chi connectivity index (χ3v) is 3.95. The summed E-state index contributed by atoms with van der Waals surface area (Å²) in [5, 5.41) is 3.70. The molecule has 0 amide bonds.